The van der Waals surface area contributed by atoms with Crippen LogP contribution in [-0.2, 0) is 4.79 Å². The molecule has 4 nitrogen and oxygen atoms in total. The molecule has 0 fully saturated rings. The van der Waals surface area contributed by atoms with E-state index < -0.39 is 6.10 Å². The van der Waals surface area contributed by atoms with Crippen molar-refractivity contribution in [2.75, 3.05) is 0 Å². The first-order valence-corrected chi connectivity index (χ1v) is 10.7. The molecule has 0 aliphatic carbocycles. The predicted octanol–water partition coefficient (Wildman–Crippen LogP) is 5.66. The molecule has 0 bridgehead atoms. The molecule has 1 N–H and O–H groups in total. The summed E-state index contributed by atoms with van der Waals surface area (Å²) in [7, 11) is 0. The highest BCUT2D eigenvalue weighted by Crippen LogP contribution is 2.42. The number of amides is 1. The SMILES string of the molecule is CC[C@H](Oc1cccc(C)c1C)C(=O)N[C@H]1CC(CC)(CC)Oc2ccccc21. The van der Waals surface area contributed by atoms with Crippen LogP contribution in [0.5, 0.6) is 11.5 Å². The summed E-state index contributed by atoms with van der Waals surface area (Å²) in [6.45, 7) is 10.4. The van der Waals surface area contributed by atoms with Crippen molar-refractivity contribution in [3.63, 3.8) is 0 Å². The van der Waals surface area contributed by atoms with Gasteiger partial charge in [-0.1, -0.05) is 51.1 Å². The van der Waals surface area contributed by atoms with Crippen molar-refractivity contribution in [1.82, 2.24) is 5.32 Å². The lowest BCUT2D eigenvalue weighted by Crippen LogP contribution is -2.47. The van der Waals surface area contributed by atoms with Crippen molar-refractivity contribution < 1.29 is 14.3 Å². The summed E-state index contributed by atoms with van der Waals surface area (Å²) in [6, 6.07) is 13.9. The van der Waals surface area contributed by atoms with Crippen LogP contribution in [-0.4, -0.2) is 17.6 Å². The van der Waals surface area contributed by atoms with Gasteiger partial charge < -0.3 is 14.8 Å². The van der Waals surface area contributed by atoms with Gasteiger partial charge in [-0.3, -0.25) is 4.79 Å². The van der Waals surface area contributed by atoms with E-state index in [1.807, 2.05) is 50.2 Å². The van der Waals surface area contributed by atoms with Crippen molar-refractivity contribution in [3.8, 4) is 11.5 Å². The lowest BCUT2D eigenvalue weighted by molar-refractivity contribution is -0.129. The summed E-state index contributed by atoms with van der Waals surface area (Å²) in [4.78, 5) is 13.2. The van der Waals surface area contributed by atoms with Gasteiger partial charge >= 0.3 is 0 Å². The minimum atomic E-state index is -0.525. The molecule has 29 heavy (non-hydrogen) atoms. The number of aryl methyl sites for hydroxylation is 1. The first kappa shape index (κ1) is 21.2. The molecule has 0 saturated heterocycles. The fourth-order valence-electron chi connectivity index (χ4n) is 4.02. The zero-order chi connectivity index (χ0) is 21.0. The molecule has 0 spiro atoms. The van der Waals surface area contributed by atoms with Gasteiger partial charge in [0, 0.05) is 12.0 Å². The van der Waals surface area contributed by atoms with E-state index in [1.54, 1.807) is 0 Å². The predicted molar refractivity (Wildman–Crippen MR) is 117 cm³/mol. The molecule has 2 aromatic rings. The number of benzene rings is 2. The van der Waals surface area contributed by atoms with E-state index in [1.165, 1.54) is 0 Å². The Hall–Kier alpha value is -2.49. The maximum atomic E-state index is 13.2. The van der Waals surface area contributed by atoms with E-state index in [-0.39, 0.29) is 17.6 Å². The number of hydrogen-bond acceptors (Lipinski definition) is 3. The second kappa shape index (κ2) is 8.89. The van der Waals surface area contributed by atoms with Gasteiger partial charge in [0.25, 0.3) is 5.91 Å². The highest BCUT2D eigenvalue weighted by molar-refractivity contribution is 5.81. The van der Waals surface area contributed by atoms with E-state index >= 15 is 0 Å². The molecular formula is C25H33NO3. The molecule has 1 heterocycles. The van der Waals surface area contributed by atoms with E-state index in [0.29, 0.717) is 6.42 Å². The van der Waals surface area contributed by atoms with Crippen molar-refractivity contribution in [3.05, 3.63) is 59.2 Å². The smallest absolute Gasteiger partial charge is 0.261 e. The van der Waals surface area contributed by atoms with Gasteiger partial charge in [0.2, 0.25) is 0 Å². The maximum Gasteiger partial charge on any atom is 0.261 e. The van der Waals surface area contributed by atoms with Gasteiger partial charge in [-0.15, -0.1) is 0 Å². The average molecular weight is 396 g/mol. The lowest BCUT2D eigenvalue weighted by Gasteiger charge is -2.42. The summed E-state index contributed by atoms with van der Waals surface area (Å²) >= 11 is 0. The van der Waals surface area contributed by atoms with Crippen LogP contribution >= 0.6 is 0 Å². The Morgan fingerprint density at radius 3 is 2.55 bits per heavy atom. The molecule has 3 rings (SSSR count). The zero-order valence-electron chi connectivity index (χ0n) is 18.2. The molecular weight excluding hydrogens is 362 g/mol. The number of hydrogen-bond donors (Lipinski definition) is 1. The summed E-state index contributed by atoms with van der Waals surface area (Å²) in [5, 5.41) is 3.26. The second-order valence-electron chi connectivity index (χ2n) is 8.01. The third-order valence-electron chi connectivity index (χ3n) is 6.29. The minimum absolute atomic E-state index is 0.0729. The standard InChI is InChI=1S/C25H33NO3/c1-6-21(28-22-15-11-12-17(4)18(22)5)24(27)26-20-16-25(7-2,8-3)29-23-14-10-9-13-19(20)23/h9-15,20-21H,6-8,16H2,1-5H3,(H,26,27)/t20-,21-/m0/s1. The van der Waals surface area contributed by atoms with Gasteiger partial charge in [-0.25, -0.2) is 0 Å². The Labute approximate surface area is 174 Å². The topological polar surface area (TPSA) is 47.6 Å². The molecule has 4 heteroatoms. The number of para-hydroxylation sites is 1. The van der Waals surface area contributed by atoms with Crippen LogP contribution in [0.25, 0.3) is 0 Å². The Morgan fingerprint density at radius 2 is 1.86 bits per heavy atom. The molecule has 0 radical (unpaired) electrons. The van der Waals surface area contributed by atoms with Crippen molar-refractivity contribution in [2.24, 2.45) is 0 Å². The quantitative estimate of drug-likeness (QED) is 0.658. The van der Waals surface area contributed by atoms with E-state index in [4.69, 9.17) is 9.47 Å². The monoisotopic (exact) mass is 395 g/mol. The minimum Gasteiger partial charge on any atom is -0.487 e. The van der Waals surface area contributed by atoms with E-state index in [0.717, 1.165) is 47.5 Å². The van der Waals surface area contributed by atoms with Gasteiger partial charge in [0.1, 0.15) is 17.1 Å². The van der Waals surface area contributed by atoms with Crippen LogP contribution < -0.4 is 14.8 Å². The van der Waals surface area contributed by atoms with Gasteiger partial charge in [-0.05, 0) is 56.4 Å². The highest BCUT2D eigenvalue weighted by Gasteiger charge is 2.39. The third kappa shape index (κ3) is 4.42. The van der Waals surface area contributed by atoms with Crippen LogP contribution in [0, 0.1) is 13.8 Å². The maximum absolute atomic E-state index is 13.2. The third-order valence-corrected chi connectivity index (χ3v) is 6.29. The van der Waals surface area contributed by atoms with Gasteiger partial charge in [-0.2, -0.15) is 0 Å². The largest absolute Gasteiger partial charge is 0.487 e. The Morgan fingerprint density at radius 1 is 1.14 bits per heavy atom. The van der Waals surface area contributed by atoms with E-state index in [2.05, 4.69) is 32.2 Å². The van der Waals surface area contributed by atoms with Crippen LogP contribution in [0.3, 0.4) is 0 Å². The number of ether oxygens (including phenoxy) is 2. The average Bonchev–Trinajstić information content (AvgIpc) is 2.74. The highest BCUT2D eigenvalue weighted by atomic mass is 16.5. The normalized spacial score (nSPS) is 18.3. The molecule has 0 aromatic heterocycles. The van der Waals surface area contributed by atoms with Crippen LogP contribution in [0.1, 0.15) is 69.2 Å². The molecule has 156 valence electrons. The molecule has 1 aliphatic heterocycles. The summed E-state index contributed by atoms with van der Waals surface area (Å²) in [6.07, 6.45) is 2.66. The molecule has 1 aliphatic rings. The van der Waals surface area contributed by atoms with Crippen molar-refractivity contribution in [1.29, 1.82) is 0 Å². The zero-order valence-corrected chi connectivity index (χ0v) is 18.2. The second-order valence-corrected chi connectivity index (χ2v) is 8.01. The molecule has 0 saturated carbocycles. The van der Waals surface area contributed by atoms with Crippen molar-refractivity contribution in [2.45, 2.75) is 78.0 Å². The Kier molecular flexibility index (Phi) is 6.51. The Balaban J connectivity index is 1.81. The number of fused-ring (bicyclic) bond motifs is 1. The van der Waals surface area contributed by atoms with Gasteiger partial charge in [0.05, 0.1) is 6.04 Å². The fraction of sp³-hybridized carbons (Fsp3) is 0.480. The van der Waals surface area contributed by atoms with Crippen LogP contribution in [0.4, 0.5) is 0 Å². The first-order valence-electron chi connectivity index (χ1n) is 10.7. The number of carbonyl (C=O) groups is 1. The summed E-state index contributed by atoms with van der Waals surface area (Å²) in [5.41, 5.74) is 3.03. The summed E-state index contributed by atoms with van der Waals surface area (Å²) in [5.74, 6) is 1.57. The molecule has 1 amide bonds. The Bertz CT molecular complexity index is 857. The van der Waals surface area contributed by atoms with E-state index in [9.17, 15) is 4.79 Å². The fourth-order valence-corrected chi connectivity index (χ4v) is 4.02. The number of rotatable bonds is 7. The summed E-state index contributed by atoms with van der Waals surface area (Å²) < 4.78 is 12.5. The number of carbonyl (C=O) groups excluding carboxylic acids is 1. The first-order chi connectivity index (χ1) is 13.9. The van der Waals surface area contributed by atoms with Crippen LogP contribution in [0.15, 0.2) is 42.5 Å². The lowest BCUT2D eigenvalue weighted by atomic mass is 9.83. The van der Waals surface area contributed by atoms with Crippen molar-refractivity contribution >= 4 is 5.91 Å². The number of nitrogens with one attached hydrogen (secondary N) is 1. The van der Waals surface area contributed by atoms with Gasteiger partial charge in [0.15, 0.2) is 6.10 Å². The van der Waals surface area contributed by atoms with Crippen LogP contribution in [0.2, 0.25) is 0 Å². The molecule has 0 unspecified atom stereocenters. The molecule has 2 atom stereocenters. The molecule has 2 aromatic carbocycles.